The van der Waals surface area contributed by atoms with E-state index >= 15 is 0 Å². The predicted molar refractivity (Wildman–Crippen MR) is 32.6 cm³/mol. The summed E-state index contributed by atoms with van der Waals surface area (Å²) in [6.45, 7) is 1.67. The van der Waals surface area contributed by atoms with Crippen molar-refractivity contribution in [1.82, 2.24) is 0 Å². The van der Waals surface area contributed by atoms with Gasteiger partial charge in [0.1, 0.15) is 0 Å². The second kappa shape index (κ2) is 3.05. The maximum absolute atomic E-state index is 5.61. The zero-order valence-electron chi connectivity index (χ0n) is 5.10. The Bertz CT molecular complexity index is 57.5. The molecule has 0 amide bonds. The Kier molecular flexibility index (Phi) is 2.30. The van der Waals surface area contributed by atoms with Crippen molar-refractivity contribution in [2.75, 3.05) is 13.2 Å². The molecule has 1 aliphatic heterocycles. The van der Waals surface area contributed by atoms with Crippen molar-refractivity contribution >= 4 is 0 Å². The Morgan fingerprint density at radius 2 is 2.25 bits per heavy atom. The highest BCUT2D eigenvalue weighted by Gasteiger charge is 2.05. The van der Waals surface area contributed by atoms with E-state index in [0.29, 0.717) is 6.04 Å². The molecule has 0 aliphatic carbocycles. The van der Waals surface area contributed by atoms with Gasteiger partial charge in [-0.2, -0.15) is 0 Å². The lowest BCUT2D eigenvalue weighted by atomic mass is 10.2. The van der Waals surface area contributed by atoms with E-state index in [-0.39, 0.29) is 0 Å². The van der Waals surface area contributed by atoms with Gasteiger partial charge in [0, 0.05) is 12.6 Å². The number of rotatable bonds is 0. The van der Waals surface area contributed by atoms with Gasteiger partial charge < -0.3 is 10.5 Å². The van der Waals surface area contributed by atoms with Crippen molar-refractivity contribution in [3.8, 4) is 0 Å². The predicted octanol–water partition coefficient (Wildman–Crippen LogP) is 0.514. The first kappa shape index (κ1) is 6.05. The van der Waals surface area contributed by atoms with E-state index in [9.17, 15) is 0 Å². The number of nitrogens with two attached hydrogens (primary N) is 1. The number of ether oxygens (including phenoxy) is 1. The fraction of sp³-hybridized carbons (Fsp3) is 1.00. The standard InChI is InChI=1S/C6H13NO/c7-6-3-1-2-4-8-5-6/h6H,1-5,7H2. The van der Waals surface area contributed by atoms with Crippen molar-refractivity contribution < 1.29 is 4.74 Å². The Hall–Kier alpha value is -0.0800. The first-order chi connectivity index (χ1) is 3.89. The van der Waals surface area contributed by atoms with E-state index in [2.05, 4.69) is 0 Å². The molecule has 1 atom stereocenters. The normalized spacial score (nSPS) is 31.9. The zero-order valence-corrected chi connectivity index (χ0v) is 5.10. The van der Waals surface area contributed by atoms with E-state index in [0.717, 1.165) is 19.6 Å². The fourth-order valence-electron chi connectivity index (χ4n) is 0.929. The Morgan fingerprint density at radius 1 is 1.38 bits per heavy atom. The van der Waals surface area contributed by atoms with Crippen LogP contribution < -0.4 is 5.73 Å². The zero-order chi connectivity index (χ0) is 5.82. The maximum Gasteiger partial charge on any atom is 0.0617 e. The fourth-order valence-corrected chi connectivity index (χ4v) is 0.929. The summed E-state index contributed by atoms with van der Waals surface area (Å²) in [5, 5.41) is 0. The van der Waals surface area contributed by atoms with Crippen LogP contribution in [0.4, 0.5) is 0 Å². The molecule has 8 heavy (non-hydrogen) atoms. The third-order valence-electron chi connectivity index (χ3n) is 1.45. The van der Waals surface area contributed by atoms with E-state index in [4.69, 9.17) is 10.5 Å². The maximum atomic E-state index is 5.61. The van der Waals surface area contributed by atoms with Crippen LogP contribution in [0.2, 0.25) is 0 Å². The SMILES string of the molecule is NC1CCCCOC1. The summed E-state index contributed by atoms with van der Waals surface area (Å²) in [7, 11) is 0. The summed E-state index contributed by atoms with van der Waals surface area (Å²) < 4.78 is 5.18. The van der Waals surface area contributed by atoms with Gasteiger partial charge >= 0.3 is 0 Å². The quantitative estimate of drug-likeness (QED) is 0.499. The molecule has 0 aromatic carbocycles. The van der Waals surface area contributed by atoms with Crippen LogP contribution in [-0.2, 0) is 4.74 Å². The molecule has 48 valence electrons. The average Bonchev–Trinajstić information content (AvgIpc) is 1.94. The first-order valence-electron chi connectivity index (χ1n) is 3.23. The average molecular weight is 115 g/mol. The molecular weight excluding hydrogens is 102 g/mol. The van der Waals surface area contributed by atoms with Crippen molar-refractivity contribution in [3.05, 3.63) is 0 Å². The molecule has 2 N–H and O–H groups in total. The summed E-state index contributed by atoms with van der Waals surface area (Å²) >= 11 is 0. The summed E-state index contributed by atoms with van der Waals surface area (Å²) in [4.78, 5) is 0. The van der Waals surface area contributed by atoms with Gasteiger partial charge in [0.25, 0.3) is 0 Å². The molecule has 1 unspecified atom stereocenters. The van der Waals surface area contributed by atoms with Crippen LogP contribution in [0.25, 0.3) is 0 Å². The molecule has 2 heteroatoms. The molecule has 1 saturated heterocycles. The van der Waals surface area contributed by atoms with E-state index < -0.39 is 0 Å². The first-order valence-corrected chi connectivity index (χ1v) is 3.23. The van der Waals surface area contributed by atoms with Gasteiger partial charge in [0.15, 0.2) is 0 Å². The van der Waals surface area contributed by atoms with Gasteiger partial charge in [-0.25, -0.2) is 0 Å². The van der Waals surface area contributed by atoms with Crippen LogP contribution in [0.1, 0.15) is 19.3 Å². The molecule has 0 aromatic rings. The van der Waals surface area contributed by atoms with Gasteiger partial charge in [-0.05, 0) is 19.3 Å². The van der Waals surface area contributed by atoms with Crippen molar-refractivity contribution in [3.63, 3.8) is 0 Å². The Morgan fingerprint density at radius 3 is 3.12 bits per heavy atom. The molecular formula is C6H13NO. The van der Waals surface area contributed by atoms with E-state index in [1.54, 1.807) is 0 Å². The lowest BCUT2D eigenvalue weighted by Gasteiger charge is -2.03. The number of hydrogen-bond donors (Lipinski definition) is 1. The van der Waals surface area contributed by atoms with Crippen LogP contribution in [0.15, 0.2) is 0 Å². The molecule has 1 heterocycles. The van der Waals surface area contributed by atoms with Crippen LogP contribution in [-0.4, -0.2) is 19.3 Å². The molecule has 0 bridgehead atoms. The molecule has 0 saturated carbocycles. The highest BCUT2D eigenvalue weighted by atomic mass is 16.5. The highest BCUT2D eigenvalue weighted by Crippen LogP contribution is 2.04. The number of hydrogen-bond acceptors (Lipinski definition) is 2. The lowest BCUT2D eigenvalue weighted by Crippen LogP contribution is -2.23. The van der Waals surface area contributed by atoms with Crippen molar-refractivity contribution in [2.45, 2.75) is 25.3 Å². The molecule has 1 rings (SSSR count). The van der Waals surface area contributed by atoms with E-state index in [1.807, 2.05) is 0 Å². The molecule has 0 radical (unpaired) electrons. The Labute approximate surface area is 50.0 Å². The third kappa shape index (κ3) is 1.80. The monoisotopic (exact) mass is 115 g/mol. The van der Waals surface area contributed by atoms with Crippen LogP contribution in [0, 0.1) is 0 Å². The largest absolute Gasteiger partial charge is 0.380 e. The topological polar surface area (TPSA) is 35.2 Å². The van der Waals surface area contributed by atoms with Gasteiger partial charge in [-0.1, -0.05) is 0 Å². The molecule has 1 aliphatic rings. The smallest absolute Gasteiger partial charge is 0.0617 e. The summed E-state index contributed by atoms with van der Waals surface area (Å²) in [5.74, 6) is 0. The minimum Gasteiger partial charge on any atom is -0.380 e. The van der Waals surface area contributed by atoms with Crippen LogP contribution >= 0.6 is 0 Å². The van der Waals surface area contributed by atoms with Gasteiger partial charge in [0.2, 0.25) is 0 Å². The van der Waals surface area contributed by atoms with Crippen molar-refractivity contribution in [1.29, 1.82) is 0 Å². The second-order valence-electron chi connectivity index (χ2n) is 2.33. The van der Waals surface area contributed by atoms with Gasteiger partial charge in [0.05, 0.1) is 6.61 Å². The molecule has 0 aromatic heterocycles. The van der Waals surface area contributed by atoms with Crippen LogP contribution in [0.5, 0.6) is 0 Å². The van der Waals surface area contributed by atoms with Crippen molar-refractivity contribution in [2.24, 2.45) is 5.73 Å². The summed E-state index contributed by atoms with van der Waals surface area (Å²) in [5.41, 5.74) is 5.61. The Balaban J connectivity index is 2.17. The minimum absolute atomic E-state index is 0.303. The third-order valence-corrected chi connectivity index (χ3v) is 1.45. The lowest BCUT2D eigenvalue weighted by molar-refractivity contribution is 0.135. The second-order valence-corrected chi connectivity index (χ2v) is 2.33. The highest BCUT2D eigenvalue weighted by molar-refractivity contribution is 4.62. The minimum atomic E-state index is 0.303. The molecule has 0 spiro atoms. The summed E-state index contributed by atoms with van der Waals surface area (Å²) in [6.07, 6.45) is 3.56. The van der Waals surface area contributed by atoms with Crippen LogP contribution in [0.3, 0.4) is 0 Å². The molecule has 2 nitrogen and oxygen atoms in total. The summed E-state index contributed by atoms with van der Waals surface area (Å²) in [6, 6.07) is 0.303. The van der Waals surface area contributed by atoms with E-state index in [1.165, 1.54) is 12.8 Å². The van der Waals surface area contributed by atoms with Gasteiger partial charge in [-0.3, -0.25) is 0 Å². The van der Waals surface area contributed by atoms with Gasteiger partial charge in [-0.15, -0.1) is 0 Å². The molecule has 1 fully saturated rings.